The quantitative estimate of drug-likeness (QED) is 0.390. The third-order valence-corrected chi connectivity index (χ3v) is 1.55. The van der Waals surface area contributed by atoms with E-state index in [1.54, 1.807) is 26.0 Å². The van der Waals surface area contributed by atoms with Crippen LogP contribution in [0.25, 0.3) is 0 Å². The van der Waals surface area contributed by atoms with E-state index in [4.69, 9.17) is 11.5 Å². The van der Waals surface area contributed by atoms with Crippen molar-refractivity contribution in [2.75, 3.05) is 6.61 Å². The number of hydrogen-bond acceptors (Lipinski definition) is 2. The zero-order chi connectivity index (χ0) is 11.0. The third-order valence-electron chi connectivity index (χ3n) is 1.55. The van der Waals surface area contributed by atoms with Crippen LogP contribution in [0.1, 0.15) is 13.8 Å². The topological polar surface area (TPSA) is 49.3 Å². The lowest BCUT2D eigenvalue weighted by molar-refractivity contribution is -0.118. The van der Waals surface area contributed by atoms with E-state index in [1.807, 2.05) is 0 Å². The molecule has 0 aliphatic carbocycles. The van der Waals surface area contributed by atoms with Crippen molar-refractivity contribution >= 4 is 5.91 Å². The summed E-state index contributed by atoms with van der Waals surface area (Å²) >= 11 is 0. The van der Waals surface area contributed by atoms with Gasteiger partial charge in [0.05, 0.1) is 6.61 Å². The first-order valence-electron chi connectivity index (χ1n) is 4.33. The van der Waals surface area contributed by atoms with E-state index in [0.29, 0.717) is 5.57 Å². The Bertz CT molecular complexity index is 284. The van der Waals surface area contributed by atoms with Crippen LogP contribution in [-0.4, -0.2) is 23.7 Å². The Kier molecular flexibility index (Phi) is 6.17. The van der Waals surface area contributed by atoms with Crippen LogP contribution >= 0.6 is 0 Å². The summed E-state index contributed by atoms with van der Waals surface area (Å²) in [6.07, 6.45) is 9.75. The van der Waals surface area contributed by atoms with E-state index in [9.17, 15) is 4.79 Å². The highest BCUT2D eigenvalue weighted by atomic mass is 16.3. The molecule has 0 saturated carbocycles. The fourth-order valence-corrected chi connectivity index (χ4v) is 0.707. The number of carbonyl (C=O) groups is 1. The number of amides is 1. The SMILES string of the molecule is C#C/C=C/C=C(\C)C(=O)N[C@@H](C)CO. The largest absolute Gasteiger partial charge is 0.394 e. The maximum atomic E-state index is 11.3. The molecule has 0 fully saturated rings. The number of terminal acetylenes is 1. The molecule has 3 nitrogen and oxygen atoms in total. The smallest absolute Gasteiger partial charge is 0.247 e. The molecule has 0 saturated heterocycles. The van der Waals surface area contributed by atoms with Crippen molar-refractivity contribution in [3.05, 3.63) is 23.8 Å². The minimum Gasteiger partial charge on any atom is -0.394 e. The van der Waals surface area contributed by atoms with E-state index in [-0.39, 0.29) is 18.6 Å². The molecule has 0 aliphatic heterocycles. The fourth-order valence-electron chi connectivity index (χ4n) is 0.707. The monoisotopic (exact) mass is 193 g/mol. The van der Waals surface area contributed by atoms with Gasteiger partial charge in [-0.3, -0.25) is 4.79 Å². The Balaban J connectivity index is 4.19. The van der Waals surface area contributed by atoms with Gasteiger partial charge >= 0.3 is 0 Å². The van der Waals surface area contributed by atoms with E-state index in [0.717, 1.165) is 0 Å². The summed E-state index contributed by atoms with van der Waals surface area (Å²) in [6, 6.07) is -0.234. The van der Waals surface area contributed by atoms with Crippen molar-refractivity contribution in [3.63, 3.8) is 0 Å². The molecular weight excluding hydrogens is 178 g/mol. The maximum absolute atomic E-state index is 11.3. The van der Waals surface area contributed by atoms with Gasteiger partial charge in [0.15, 0.2) is 0 Å². The summed E-state index contributed by atoms with van der Waals surface area (Å²) < 4.78 is 0. The predicted molar refractivity (Wildman–Crippen MR) is 56.4 cm³/mol. The number of rotatable bonds is 4. The van der Waals surface area contributed by atoms with Crippen molar-refractivity contribution in [1.82, 2.24) is 5.32 Å². The Morgan fingerprint density at radius 1 is 1.71 bits per heavy atom. The molecule has 1 atom stereocenters. The second-order valence-corrected chi connectivity index (χ2v) is 2.93. The first-order valence-corrected chi connectivity index (χ1v) is 4.33. The summed E-state index contributed by atoms with van der Waals surface area (Å²) in [5.41, 5.74) is 0.553. The number of carbonyl (C=O) groups excluding carboxylic acids is 1. The Hall–Kier alpha value is -1.53. The highest BCUT2D eigenvalue weighted by molar-refractivity contribution is 5.93. The first-order chi connectivity index (χ1) is 6.61. The molecule has 0 aromatic rings. The van der Waals surface area contributed by atoms with Crippen LogP contribution in [0.4, 0.5) is 0 Å². The molecule has 0 rings (SSSR count). The van der Waals surface area contributed by atoms with Crippen LogP contribution < -0.4 is 5.32 Å². The molecular formula is C11H15NO2. The molecule has 0 bridgehead atoms. The van der Waals surface area contributed by atoms with Crippen LogP contribution in [0, 0.1) is 12.3 Å². The molecule has 0 unspecified atom stereocenters. The summed E-state index contributed by atoms with van der Waals surface area (Å²) in [5.74, 6) is 2.12. The van der Waals surface area contributed by atoms with Crippen LogP contribution in [0.5, 0.6) is 0 Å². The molecule has 0 spiro atoms. The normalized spacial score (nSPS) is 13.7. The second-order valence-electron chi connectivity index (χ2n) is 2.93. The zero-order valence-corrected chi connectivity index (χ0v) is 8.45. The fraction of sp³-hybridized carbons (Fsp3) is 0.364. The van der Waals surface area contributed by atoms with Crippen LogP contribution in [0.15, 0.2) is 23.8 Å². The van der Waals surface area contributed by atoms with Gasteiger partial charge < -0.3 is 10.4 Å². The molecule has 0 aromatic carbocycles. The van der Waals surface area contributed by atoms with Gasteiger partial charge in [-0.05, 0) is 19.9 Å². The lowest BCUT2D eigenvalue weighted by Crippen LogP contribution is -2.35. The summed E-state index contributed by atoms with van der Waals surface area (Å²) in [7, 11) is 0. The summed E-state index contributed by atoms with van der Waals surface area (Å²) in [5, 5.41) is 11.3. The predicted octanol–water partition coefficient (Wildman–Crippen LogP) is 0.619. The Morgan fingerprint density at radius 3 is 2.86 bits per heavy atom. The molecule has 76 valence electrons. The van der Waals surface area contributed by atoms with Crippen molar-refractivity contribution < 1.29 is 9.90 Å². The van der Waals surface area contributed by atoms with E-state index < -0.39 is 0 Å². The molecule has 2 N–H and O–H groups in total. The molecule has 0 aromatic heterocycles. The highest BCUT2D eigenvalue weighted by Crippen LogP contribution is 1.94. The van der Waals surface area contributed by atoms with Gasteiger partial charge in [0.2, 0.25) is 5.91 Å². The highest BCUT2D eigenvalue weighted by Gasteiger charge is 2.06. The van der Waals surface area contributed by atoms with Crippen molar-refractivity contribution in [2.24, 2.45) is 0 Å². The van der Waals surface area contributed by atoms with Crippen molar-refractivity contribution in [1.29, 1.82) is 0 Å². The van der Waals surface area contributed by atoms with E-state index in [1.165, 1.54) is 6.08 Å². The number of allylic oxidation sites excluding steroid dienone is 3. The Labute approximate surface area is 84.5 Å². The average molecular weight is 193 g/mol. The van der Waals surface area contributed by atoms with Gasteiger partial charge in [0.1, 0.15) is 0 Å². The van der Waals surface area contributed by atoms with Crippen LogP contribution in [0.2, 0.25) is 0 Å². The van der Waals surface area contributed by atoms with Gasteiger partial charge in [0.25, 0.3) is 0 Å². The molecule has 1 amide bonds. The minimum absolute atomic E-state index is 0.0702. The third kappa shape index (κ3) is 5.18. The lowest BCUT2D eigenvalue weighted by atomic mass is 10.2. The molecule has 0 aliphatic rings. The number of nitrogens with one attached hydrogen (secondary N) is 1. The van der Waals surface area contributed by atoms with Crippen molar-refractivity contribution in [2.45, 2.75) is 19.9 Å². The lowest BCUT2D eigenvalue weighted by Gasteiger charge is -2.10. The van der Waals surface area contributed by atoms with Crippen LogP contribution in [-0.2, 0) is 4.79 Å². The van der Waals surface area contributed by atoms with E-state index >= 15 is 0 Å². The van der Waals surface area contributed by atoms with Gasteiger partial charge in [-0.2, -0.15) is 0 Å². The number of aliphatic hydroxyl groups is 1. The maximum Gasteiger partial charge on any atom is 0.247 e. The molecule has 0 radical (unpaired) electrons. The summed E-state index contributed by atoms with van der Waals surface area (Å²) in [4.78, 5) is 11.3. The van der Waals surface area contributed by atoms with Crippen LogP contribution in [0.3, 0.4) is 0 Å². The first kappa shape index (κ1) is 12.5. The molecule has 3 heteroatoms. The van der Waals surface area contributed by atoms with Gasteiger partial charge in [-0.15, -0.1) is 6.42 Å². The van der Waals surface area contributed by atoms with Crippen molar-refractivity contribution in [3.8, 4) is 12.3 Å². The Morgan fingerprint density at radius 2 is 2.36 bits per heavy atom. The summed E-state index contributed by atoms with van der Waals surface area (Å²) in [6.45, 7) is 3.34. The van der Waals surface area contributed by atoms with Gasteiger partial charge in [-0.25, -0.2) is 0 Å². The zero-order valence-electron chi connectivity index (χ0n) is 8.45. The number of aliphatic hydroxyl groups excluding tert-OH is 1. The number of hydrogen-bond donors (Lipinski definition) is 2. The standard InChI is InChI=1S/C11H15NO2/c1-4-5-6-7-9(2)11(14)12-10(3)8-13/h1,5-7,10,13H,8H2,2-3H3,(H,12,14)/b6-5+,9-7+/t10-/m0/s1. The second kappa shape index (κ2) is 6.93. The molecule has 14 heavy (non-hydrogen) atoms. The van der Waals surface area contributed by atoms with Gasteiger partial charge in [-0.1, -0.05) is 18.1 Å². The van der Waals surface area contributed by atoms with Gasteiger partial charge in [0, 0.05) is 11.6 Å². The molecule has 0 heterocycles. The van der Waals surface area contributed by atoms with E-state index in [2.05, 4.69) is 11.2 Å². The average Bonchev–Trinajstić information content (AvgIpc) is 2.17. The minimum atomic E-state index is -0.234.